The monoisotopic (exact) mass is 508 g/mol. The highest BCUT2D eigenvalue weighted by Crippen LogP contribution is 2.34. The molecule has 0 amide bonds. The Kier molecular flexibility index (Phi) is 8.97. The molecule has 0 saturated carbocycles. The third-order valence-corrected chi connectivity index (χ3v) is 4.60. The zero-order valence-corrected chi connectivity index (χ0v) is 18.6. The Balaban J connectivity index is 2.19. The van der Waals surface area contributed by atoms with Crippen molar-refractivity contribution in [3.05, 3.63) is 56.7 Å². The first-order valence-electron chi connectivity index (χ1n) is 8.73. The average Bonchev–Trinajstić information content (AvgIpc) is 2.68. The number of ether oxygens (including phenoxy) is 2. The summed E-state index contributed by atoms with van der Waals surface area (Å²) in [5.74, 6) is 1.27. The Hall–Kier alpha value is -2.38. The van der Waals surface area contributed by atoms with Gasteiger partial charge in [0.25, 0.3) is 0 Å². The van der Waals surface area contributed by atoms with Crippen LogP contribution in [0.3, 0.4) is 0 Å². The first-order chi connectivity index (χ1) is 13.6. The molecule has 0 aliphatic rings. The van der Waals surface area contributed by atoms with Gasteiger partial charge in [-0.25, -0.2) is 0 Å². The third kappa shape index (κ3) is 6.35. The number of nitrogens with zero attached hydrogens (tertiary/aromatic N) is 2. The van der Waals surface area contributed by atoms with Crippen LogP contribution in [0.1, 0.15) is 30.5 Å². The van der Waals surface area contributed by atoms with Gasteiger partial charge in [-0.2, -0.15) is 10.4 Å². The summed E-state index contributed by atoms with van der Waals surface area (Å²) in [5, 5.41) is 16.8. The van der Waals surface area contributed by atoms with Crippen LogP contribution >= 0.6 is 34.8 Å². The van der Waals surface area contributed by atoms with Crippen molar-refractivity contribution in [1.29, 1.82) is 5.26 Å². The van der Waals surface area contributed by atoms with Crippen molar-refractivity contribution >= 4 is 46.1 Å². The van der Waals surface area contributed by atoms with Crippen LogP contribution in [0.2, 0.25) is 0 Å². The molecule has 0 radical (unpaired) electrons. The van der Waals surface area contributed by atoms with Gasteiger partial charge in [-0.3, -0.25) is 5.43 Å². The summed E-state index contributed by atoms with van der Waals surface area (Å²) in [7, 11) is 0. The number of hydrazone groups is 1. The maximum atomic E-state index is 9.23. The number of benzene rings is 2. The largest absolute Gasteiger partial charge is 0.490 e. The standard InChI is InChI=1S/C20H21IN4O2S/c1-3-23-20(28)25-24-12-14-9-17(21)19(18(10-14)26-4-2)27-13-16-8-6-5-7-15(16)11-22/h5-10,12H,3-4,13H2,1-2H3,(H2,23,25,28)/b24-12-. The van der Waals surface area contributed by atoms with Crippen molar-refractivity contribution in [1.82, 2.24) is 10.7 Å². The summed E-state index contributed by atoms with van der Waals surface area (Å²) < 4.78 is 12.6. The van der Waals surface area contributed by atoms with Crippen LogP contribution < -0.4 is 20.2 Å². The van der Waals surface area contributed by atoms with Gasteiger partial charge in [0.2, 0.25) is 0 Å². The van der Waals surface area contributed by atoms with E-state index in [2.05, 4.69) is 44.5 Å². The fourth-order valence-electron chi connectivity index (χ4n) is 2.34. The minimum atomic E-state index is 0.283. The van der Waals surface area contributed by atoms with Crippen LogP contribution in [0.5, 0.6) is 11.5 Å². The van der Waals surface area contributed by atoms with E-state index in [0.717, 1.165) is 21.2 Å². The van der Waals surface area contributed by atoms with E-state index in [9.17, 15) is 5.26 Å². The molecule has 146 valence electrons. The number of nitrogens with one attached hydrogen (secondary N) is 2. The summed E-state index contributed by atoms with van der Waals surface area (Å²) in [4.78, 5) is 0. The van der Waals surface area contributed by atoms with E-state index in [1.807, 2.05) is 44.2 Å². The molecule has 0 atom stereocenters. The van der Waals surface area contributed by atoms with Gasteiger partial charge >= 0.3 is 0 Å². The summed E-state index contributed by atoms with van der Waals surface area (Å²) in [5.41, 5.74) is 5.04. The van der Waals surface area contributed by atoms with Crippen LogP contribution in [0, 0.1) is 14.9 Å². The minimum absolute atomic E-state index is 0.283. The van der Waals surface area contributed by atoms with Crippen LogP contribution in [0.15, 0.2) is 41.5 Å². The molecular weight excluding hydrogens is 487 g/mol. The second kappa shape index (κ2) is 11.5. The summed E-state index contributed by atoms with van der Waals surface area (Å²) >= 11 is 7.28. The lowest BCUT2D eigenvalue weighted by atomic mass is 10.1. The van der Waals surface area contributed by atoms with Crippen LogP contribution in [-0.4, -0.2) is 24.5 Å². The van der Waals surface area contributed by atoms with Gasteiger partial charge in [0, 0.05) is 12.1 Å². The lowest BCUT2D eigenvalue weighted by Crippen LogP contribution is -2.31. The molecule has 0 fully saturated rings. The van der Waals surface area contributed by atoms with Gasteiger partial charge in [-0.15, -0.1) is 0 Å². The lowest BCUT2D eigenvalue weighted by Gasteiger charge is -2.15. The molecule has 2 aromatic carbocycles. The Labute approximate surface area is 184 Å². The Morgan fingerprint density at radius 1 is 1.29 bits per heavy atom. The molecule has 6 nitrogen and oxygen atoms in total. The number of thiocarbonyl (C=S) groups is 1. The predicted molar refractivity (Wildman–Crippen MR) is 123 cm³/mol. The van der Waals surface area contributed by atoms with Gasteiger partial charge in [-0.1, -0.05) is 18.2 Å². The van der Waals surface area contributed by atoms with Gasteiger partial charge in [0.05, 0.1) is 28.0 Å². The average molecular weight is 508 g/mol. The predicted octanol–water partition coefficient (Wildman–Crippen LogP) is 3.96. The third-order valence-electron chi connectivity index (χ3n) is 3.56. The number of hydrogen-bond acceptors (Lipinski definition) is 5. The van der Waals surface area contributed by atoms with Gasteiger partial charge in [-0.05, 0) is 72.4 Å². The minimum Gasteiger partial charge on any atom is -0.490 e. The second-order valence-corrected chi connectivity index (χ2v) is 7.12. The van der Waals surface area contributed by atoms with E-state index in [1.54, 1.807) is 12.3 Å². The lowest BCUT2D eigenvalue weighted by molar-refractivity contribution is 0.267. The van der Waals surface area contributed by atoms with E-state index in [4.69, 9.17) is 21.7 Å². The number of nitriles is 1. The van der Waals surface area contributed by atoms with Crippen molar-refractivity contribution in [2.75, 3.05) is 13.2 Å². The molecule has 0 saturated heterocycles. The first kappa shape index (κ1) is 21.9. The van der Waals surface area contributed by atoms with Crippen molar-refractivity contribution in [3.8, 4) is 17.6 Å². The normalized spacial score (nSPS) is 10.4. The summed E-state index contributed by atoms with van der Waals surface area (Å²) in [6.45, 7) is 5.39. The number of hydrogen-bond donors (Lipinski definition) is 2. The Morgan fingerprint density at radius 3 is 2.79 bits per heavy atom. The molecule has 2 rings (SSSR count). The van der Waals surface area contributed by atoms with E-state index >= 15 is 0 Å². The highest BCUT2D eigenvalue weighted by Gasteiger charge is 2.13. The van der Waals surface area contributed by atoms with Crippen molar-refractivity contribution in [2.24, 2.45) is 5.10 Å². The van der Waals surface area contributed by atoms with E-state index in [0.29, 0.717) is 28.8 Å². The van der Waals surface area contributed by atoms with Gasteiger partial charge in [0.1, 0.15) is 6.61 Å². The molecule has 0 aromatic heterocycles. The molecule has 2 N–H and O–H groups in total. The van der Waals surface area contributed by atoms with E-state index in [-0.39, 0.29) is 6.61 Å². The zero-order chi connectivity index (χ0) is 20.4. The smallest absolute Gasteiger partial charge is 0.186 e. The molecule has 0 bridgehead atoms. The Bertz CT molecular complexity index is 896. The Morgan fingerprint density at radius 2 is 2.07 bits per heavy atom. The van der Waals surface area contributed by atoms with Crippen molar-refractivity contribution < 1.29 is 9.47 Å². The SMILES string of the molecule is CCNC(=S)N/N=C\c1cc(I)c(OCc2ccccc2C#N)c(OCC)c1. The highest BCUT2D eigenvalue weighted by atomic mass is 127. The molecule has 8 heteroatoms. The molecular formula is C20H21IN4O2S. The quantitative estimate of drug-likeness (QED) is 0.243. The molecule has 28 heavy (non-hydrogen) atoms. The maximum absolute atomic E-state index is 9.23. The van der Waals surface area contributed by atoms with Crippen LogP contribution in [0.25, 0.3) is 0 Å². The van der Waals surface area contributed by atoms with Crippen LogP contribution in [0.4, 0.5) is 0 Å². The number of rotatable bonds is 8. The van der Waals surface area contributed by atoms with E-state index < -0.39 is 0 Å². The maximum Gasteiger partial charge on any atom is 0.186 e. The molecule has 0 aliphatic carbocycles. The fourth-order valence-corrected chi connectivity index (χ4v) is 3.31. The summed E-state index contributed by atoms with van der Waals surface area (Å²) in [6, 6.07) is 13.4. The summed E-state index contributed by atoms with van der Waals surface area (Å²) in [6.07, 6.45) is 1.67. The fraction of sp³-hybridized carbons (Fsp3) is 0.250. The molecule has 0 heterocycles. The number of halogens is 1. The topological polar surface area (TPSA) is 78.7 Å². The first-order valence-corrected chi connectivity index (χ1v) is 10.2. The van der Waals surface area contributed by atoms with Gasteiger partial charge in [0.15, 0.2) is 16.6 Å². The van der Waals surface area contributed by atoms with E-state index in [1.165, 1.54) is 0 Å². The van der Waals surface area contributed by atoms with Crippen molar-refractivity contribution in [3.63, 3.8) is 0 Å². The molecule has 2 aromatic rings. The molecule has 0 spiro atoms. The highest BCUT2D eigenvalue weighted by molar-refractivity contribution is 14.1. The molecule has 0 unspecified atom stereocenters. The molecule has 0 aliphatic heterocycles. The van der Waals surface area contributed by atoms with Crippen molar-refractivity contribution in [2.45, 2.75) is 20.5 Å². The second-order valence-electron chi connectivity index (χ2n) is 5.55. The van der Waals surface area contributed by atoms with Crippen LogP contribution in [-0.2, 0) is 6.61 Å². The van der Waals surface area contributed by atoms with Gasteiger partial charge < -0.3 is 14.8 Å². The zero-order valence-electron chi connectivity index (χ0n) is 15.7.